The van der Waals surface area contributed by atoms with Crippen LogP contribution in [0, 0.1) is 36.5 Å². The molecular weight excluding hydrogens is 524 g/mol. The van der Waals surface area contributed by atoms with E-state index in [2.05, 4.69) is 43.4 Å². The van der Waals surface area contributed by atoms with Crippen molar-refractivity contribution in [3.8, 4) is 23.8 Å². The summed E-state index contributed by atoms with van der Waals surface area (Å²) in [6, 6.07) is 14.5. The number of hydrogen-bond donors (Lipinski definition) is 3. The van der Waals surface area contributed by atoms with Gasteiger partial charge in [0.15, 0.2) is 0 Å². The summed E-state index contributed by atoms with van der Waals surface area (Å²) in [4.78, 5) is 8.60. The molecule has 0 saturated heterocycles. The van der Waals surface area contributed by atoms with E-state index in [0.29, 0.717) is 27.0 Å². The Hall–Kier alpha value is -3.71. The van der Waals surface area contributed by atoms with E-state index in [0.717, 1.165) is 11.1 Å². The number of aryl methyl sites for hydroxylation is 2. The number of nitrogens with one attached hydrogen (secondary N) is 1. The Labute approximate surface area is 205 Å². The van der Waals surface area contributed by atoms with E-state index >= 15 is 0 Å². The maximum absolute atomic E-state index is 9.56. The first-order valence-electron chi connectivity index (χ1n) is 9.72. The monoisotopic (exact) mass is 544 g/mol. The molecule has 1 aromatic heterocycles. The topological polar surface area (TPSA) is 175 Å². The summed E-state index contributed by atoms with van der Waals surface area (Å²) < 4.78 is 33.3. The summed E-state index contributed by atoms with van der Waals surface area (Å²) in [6.45, 7) is 5.09. The van der Waals surface area contributed by atoms with Crippen LogP contribution in [0.3, 0.4) is 0 Å². The first-order chi connectivity index (χ1) is 16.0. The third-order valence-corrected chi connectivity index (χ3v) is 5.74. The number of aromatic nitrogens is 2. The Morgan fingerprint density at radius 2 is 1.62 bits per heavy atom. The molecule has 4 N–H and O–H groups in total. The molecule has 176 valence electrons. The molecule has 0 radical (unpaired) electrons. The molecule has 2 aromatic carbocycles. The zero-order valence-corrected chi connectivity index (χ0v) is 20.9. The van der Waals surface area contributed by atoms with Crippen molar-refractivity contribution < 1.29 is 17.7 Å². The zero-order chi connectivity index (χ0) is 25.5. The molecule has 0 bridgehead atoms. The summed E-state index contributed by atoms with van der Waals surface area (Å²) in [7, 11) is -3.66. The van der Waals surface area contributed by atoms with Gasteiger partial charge in [-0.1, -0.05) is 0 Å². The highest BCUT2D eigenvalue weighted by Gasteiger charge is 2.16. The van der Waals surface area contributed by atoms with E-state index in [4.69, 9.17) is 25.5 Å². The van der Waals surface area contributed by atoms with Crippen molar-refractivity contribution in [2.45, 2.75) is 20.8 Å². The summed E-state index contributed by atoms with van der Waals surface area (Å²) in [5.41, 5.74) is 9.43. The van der Waals surface area contributed by atoms with Crippen LogP contribution >= 0.6 is 15.9 Å². The summed E-state index contributed by atoms with van der Waals surface area (Å²) >= 11 is 3.36. The lowest BCUT2D eigenvalue weighted by atomic mass is 10.1. The average Bonchev–Trinajstić information content (AvgIpc) is 2.79. The van der Waals surface area contributed by atoms with Gasteiger partial charge in [0.2, 0.25) is 11.8 Å². The van der Waals surface area contributed by atoms with Gasteiger partial charge in [-0.05, 0) is 84.2 Å². The second-order valence-electron chi connectivity index (χ2n) is 6.89. The number of ether oxygens (including phenoxy) is 1. The maximum atomic E-state index is 9.56. The predicted molar refractivity (Wildman–Crippen MR) is 131 cm³/mol. The van der Waals surface area contributed by atoms with Gasteiger partial charge in [-0.3, -0.25) is 4.55 Å². The summed E-state index contributed by atoms with van der Waals surface area (Å²) in [5, 5.41) is 21.0. The van der Waals surface area contributed by atoms with E-state index in [1.54, 1.807) is 36.4 Å². The lowest BCUT2D eigenvalue weighted by molar-refractivity contribution is 0.453. The molecule has 34 heavy (non-hydrogen) atoms. The van der Waals surface area contributed by atoms with Crippen molar-refractivity contribution in [2.75, 3.05) is 16.8 Å². The Morgan fingerprint density at radius 1 is 1.09 bits per heavy atom. The fourth-order valence-electron chi connectivity index (χ4n) is 2.60. The van der Waals surface area contributed by atoms with Crippen LogP contribution in [-0.2, 0) is 10.1 Å². The average molecular weight is 545 g/mol. The largest absolute Gasteiger partial charge is 0.437 e. The van der Waals surface area contributed by atoms with E-state index in [-0.39, 0.29) is 23.4 Å². The molecule has 0 spiro atoms. The van der Waals surface area contributed by atoms with Gasteiger partial charge in [-0.25, -0.2) is 0 Å². The van der Waals surface area contributed by atoms with Crippen molar-refractivity contribution in [2.24, 2.45) is 0 Å². The number of nitrogens with zero attached hydrogens (tertiary/aromatic N) is 4. The Morgan fingerprint density at radius 3 is 2.09 bits per heavy atom. The van der Waals surface area contributed by atoms with Crippen molar-refractivity contribution in [1.29, 1.82) is 10.5 Å². The highest BCUT2D eigenvalue weighted by atomic mass is 79.9. The number of nitrogen functional groups attached to an aromatic ring is 1. The second-order valence-corrected chi connectivity index (χ2v) is 9.42. The smallest absolute Gasteiger partial charge is 0.264 e. The molecule has 3 aromatic rings. The summed E-state index contributed by atoms with van der Waals surface area (Å²) in [5.74, 6) is 1.11. The first-order valence-corrected chi connectivity index (χ1v) is 12.1. The number of halogens is 1. The quantitative estimate of drug-likeness (QED) is 0.384. The summed E-state index contributed by atoms with van der Waals surface area (Å²) in [6.07, 6.45) is 0. The van der Waals surface area contributed by atoms with Gasteiger partial charge < -0.3 is 15.8 Å². The standard InChI is InChI=1S/C20H15BrN6O.C2H6O3S/c1-11-7-14(10-23)8-12(2)17(11)28-19-16(21)18(24)26-20(27-19)25-15-5-3-13(9-22)4-6-15;1-2-6(3,4)5/h3-8H,1-2H3,(H3,24,25,26,27);2H2,1H3,(H,3,4,5). The van der Waals surface area contributed by atoms with Crippen LogP contribution in [-0.4, -0.2) is 28.7 Å². The predicted octanol–water partition coefficient (Wildman–Crippen LogP) is 4.61. The van der Waals surface area contributed by atoms with Crippen LogP contribution in [0.5, 0.6) is 11.6 Å². The molecule has 12 heteroatoms. The number of hydrogen-bond acceptors (Lipinski definition) is 9. The minimum absolute atomic E-state index is 0.201. The zero-order valence-electron chi connectivity index (χ0n) is 18.5. The SMILES string of the molecule is CCS(=O)(=O)O.Cc1cc(C#N)cc(C)c1Oc1nc(Nc2ccc(C#N)cc2)nc(N)c1Br. The molecule has 3 rings (SSSR count). The van der Waals surface area contributed by atoms with Gasteiger partial charge in [-0.2, -0.15) is 28.9 Å². The second kappa shape index (κ2) is 11.4. The highest BCUT2D eigenvalue weighted by molar-refractivity contribution is 9.10. The molecule has 0 atom stereocenters. The molecular formula is C22H21BrN6O4S. The van der Waals surface area contributed by atoms with Crippen molar-refractivity contribution in [3.63, 3.8) is 0 Å². The lowest BCUT2D eigenvalue weighted by Crippen LogP contribution is -2.04. The van der Waals surface area contributed by atoms with Gasteiger partial charge in [0.25, 0.3) is 10.1 Å². The van der Waals surface area contributed by atoms with Crippen LogP contribution < -0.4 is 15.8 Å². The Balaban J connectivity index is 0.000000604. The molecule has 1 heterocycles. The maximum Gasteiger partial charge on any atom is 0.264 e. The van der Waals surface area contributed by atoms with Crippen LogP contribution in [0.1, 0.15) is 29.2 Å². The van der Waals surface area contributed by atoms with E-state index < -0.39 is 10.1 Å². The van der Waals surface area contributed by atoms with E-state index in [1.165, 1.54) is 6.92 Å². The number of anilines is 3. The molecule has 0 amide bonds. The normalized spacial score (nSPS) is 10.3. The fraction of sp³-hybridized carbons (Fsp3) is 0.182. The van der Waals surface area contributed by atoms with Gasteiger partial charge in [0.1, 0.15) is 16.0 Å². The molecule has 0 unspecified atom stereocenters. The first kappa shape index (κ1) is 26.5. The van der Waals surface area contributed by atoms with Crippen molar-refractivity contribution >= 4 is 43.5 Å². The number of benzene rings is 2. The third-order valence-electron chi connectivity index (χ3n) is 4.27. The Kier molecular flexibility index (Phi) is 8.92. The van der Waals surface area contributed by atoms with Crippen LogP contribution in [0.15, 0.2) is 40.9 Å². The number of rotatable bonds is 5. The molecule has 0 saturated carbocycles. The van der Waals surface area contributed by atoms with Crippen LogP contribution in [0.4, 0.5) is 17.5 Å². The highest BCUT2D eigenvalue weighted by Crippen LogP contribution is 2.36. The molecule has 0 aliphatic rings. The van der Waals surface area contributed by atoms with Crippen LogP contribution in [0.2, 0.25) is 0 Å². The van der Waals surface area contributed by atoms with Crippen molar-refractivity contribution in [3.05, 3.63) is 63.1 Å². The number of nitriles is 2. The fourth-order valence-corrected chi connectivity index (χ4v) is 2.85. The minimum Gasteiger partial charge on any atom is -0.437 e. The Bertz CT molecular complexity index is 1360. The lowest BCUT2D eigenvalue weighted by Gasteiger charge is -2.14. The van der Waals surface area contributed by atoms with E-state index in [9.17, 15) is 8.42 Å². The van der Waals surface area contributed by atoms with Crippen LogP contribution in [0.25, 0.3) is 0 Å². The molecule has 0 aliphatic heterocycles. The molecule has 0 fully saturated rings. The van der Waals surface area contributed by atoms with Crippen molar-refractivity contribution in [1.82, 2.24) is 9.97 Å². The van der Waals surface area contributed by atoms with Gasteiger partial charge >= 0.3 is 0 Å². The molecule has 0 aliphatic carbocycles. The van der Waals surface area contributed by atoms with E-state index in [1.807, 2.05) is 13.8 Å². The number of nitrogens with two attached hydrogens (primary N) is 1. The van der Waals surface area contributed by atoms with Gasteiger partial charge in [0, 0.05) is 5.69 Å². The van der Waals surface area contributed by atoms with Gasteiger partial charge in [-0.15, -0.1) is 0 Å². The third kappa shape index (κ3) is 7.42. The molecule has 10 nitrogen and oxygen atoms in total. The minimum atomic E-state index is -3.66. The van der Waals surface area contributed by atoms with Gasteiger partial charge in [0.05, 0.1) is 29.0 Å².